The predicted octanol–water partition coefficient (Wildman–Crippen LogP) is 3.78. The Hall–Kier alpha value is -1.53. The van der Waals surface area contributed by atoms with Gasteiger partial charge in [0, 0.05) is 19.2 Å². The fraction of sp³-hybridized carbons (Fsp3) is 0.692. The van der Waals surface area contributed by atoms with E-state index in [1.54, 1.807) is 0 Å². The molecule has 0 aliphatic carbocycles. The molecule has 0 atom stereocenters. The van der Waals surface area contributed by atoms with Crippen molar-refractivity contribution in [1.82, 2.24) is 9.97 Å². The first-order chi connectivity index (χ1) is 9.32. The molecule has 1 aromatic heterocycles. The molecule has 0 radical (unpaired) electrons. The number of aromatic nitrogens is 2. The minimum atomic E-state index is -4.54. The zero-order chi connectivity index (χ0) is 15.2. The molecule has 0 unspecified atom stereocenters. The highest BCUT2D eigenvalue weighted by Crippen LogP contribution is 2.28. The molecule has 0 aromatic carbocycles. The van der Waals surface area contributed by atoms with Crippen LogP contribution in [0, 0.1) is 5.92 Å². The summed E-state index contributed by atoms with van der Waals surface area (Å²) in [4.78, 5) is 7.02. The van der Waals surface area contributed by atoms with Crippen molar-refractivity contribution in [2.45, 2.75) is 39.8 Å². The highest BCUT2D eigenvalue weighted by atomic mass is 19.4. The molecular formula is C13H21F3N4. The van der Waals surface area contributed by atoms with Crippen molar-refractivity contribution < 1.29 is 13.2 Å². The summed E-state index contributed by atoms with van der Waals surface area (Å²) in [5.74, 6) is -0.248. The van der Waals surface area contributed by atoms with Gasteiger partial charge >= 0.3 is 6.18 Å². The van der Waals surface area contributed by atoms with Crippen molar-refractivity contribution >= 4 is 11.6 Å². The van der Waals surface area contributed by atoms with E-state index in [0.29, 0.717) is 19.0 Å². The van der Waals surface area contributed by atoms with E-state index >= 15 is 0 Å². The fourth-order valence-electron chi connectivity index (χ4n) is 1.50. The van der Waals surface area contributed by atoms with E-state index < -0.39 is 12.0 Å². The van der Waals surface area contributed by atoms with Crippen LogP contribution in [0.15, 0.2) is 6.07 Å². The topological polar surface area (TPSA) is 49.8 Å². The first kappa shape index (κ1) is 16.5. The SMILES string of the molecule is CCCNc1cc(NCCC(C)C)nc(C(F)(F)F)n1. The van der Waals surface area contributed by atoms with Gasteiger partial charge in [-0.1, -0.05) is 20.8 Å². The molecule has 0 amide bonds. The van der Waals surface area contributed by atoms with Crippen LogP contribution in [0.1, 0.15) is 39.4 Å². The lowest BCUT2D eigenvalue weighted by atomic mass is 10.1. The fourth-order valence-corrected chi connectivity index (χ4v) is 1.50. The summed E-state index contributed by atoms with van der Waals surface area (Å²) in [6.45, 7) is 7.19. The van der Waals surface area contributed by atoms with E-state index in [-0.39, 0.29) is 11.6 Å². The van der Waals surface area contributed by atoms with Crippen molar-refractivity contribution in [1.29, 1.82) is 0 Å². The first-order valence-corrected chi connectivity index (χ1v) is 6.77. The van der Waals surface area contributed by atoms with Crippen LogP contribution < -0.4 is 10.6 Å². The molecule has 20 heavy (non-hydrogen) atoms. The number of alkyl halides is 3. The molecule has 0 spiro atoms. The summed E-state index contributed by atoms with van der Waals surface area (Å²) < 4.78 is 38.2. The maximum absolute atomic E-state index is 12.7. The molecule has 7 heteroatoms. The van der Waals surface area contributed by atoms with E-state index in [1.165, 1.54) is 6.07 Å². The number of rotatable bonds is 7. The smallest absolute Gasteiger partial charge is 0.370 e. The minimum Gasteiger partial charge on any atom is -0.370 e. The molecule has 0 saturated heterocycles. The molecule has 1 aromatic rings. The predicted molar refractivity (Wildman–Crippen MR) is 73.8 cm³/mol. The highest BCUT2D eigenvalue weighted by molar-refractivity contribution is 5.47. The Morgan fingerprint density at radius 3 is 2.10 bits per heavy atom. The van der Waals surface area contributed by atoms with Crippen molar-refractivity contribution in [3.63, 3.8) is 0 Å². The van der Waals surface area contributed by atoms with Gasteiger partial charge in [-0.3, -0.25) is 0 Å². The molecule has 2 N–H and O–H groups in total. The minimum absolute atomic E-state index is 0.196. The molecule has 0 fully saturated rings. The maximum Gasteiger partial charge on any atom is 0.451 e. The molecule has 1 heterocycles. The van der Waals surface area contributed by atoms with E-state index in [4.69, 9.17) is 0 Å². The molecule has 0 saturated carbocycles. The summed E-state index contributed by atoms with van der Waals surface area (Å²) in [7, 11) is 0. The Labute approximate surface area is 117 Å². The second kappa shape index (κ2) is 7.31. The van der Waals surface area contributed by atoms with E-state index in [2.05, 4.69) is 34.4 Å². The lowest BCUT2D eigenvalue weighted by Gasteiger charge is -2.13. The standard InChI is InChI=1S/C13H21F3N4/c1-4-6-17-10-8-11(18-7-5-9(2)3)20-12(19-10)13(14,15)16/h8-9H,4-7H2,1-3H3,(H2,17,18,19,20). The van der Waals surface area contributed by atoms with Crippen LogP contribution in [0.3, 0.4) is 0 Å². The number of nitrogens with zero attached hydrogens (tertiary/aromatic N) is 2. The summed E-state index contributed by atoms with van der Waals surface area (Å²) in [6, 6.07) is 1.51. The summed E-state index contributed by atoms with van der Waals surface area (Å²) >= 11 is 0. The second-order valence-electron chi connectivity index (χ2n) is 5.00. The third kappa shape index (κ3) is 5.63. The van der Waals surface area contributed by atoms with Gasteiger partial charge in [-0.15, -0.1) is 0 Å². The molecule has 1 rings (SSSR count). The van der Waals surface area contributed by atoms with Gasteiger partial charge < -0.3 is 10.6 Å². The van der Waals surface area contributed by atoms with Crippen molar-refractivity contribution in [3.05, 3.63) is 11.9 Å². The number of hydrogen-bond acceptors (Lipinski definition) is 4. The van der Waals surface area contributed by atoms with Crippen molar-refractivity contribution in [2.24, 2.45) is 5.92 Å². The van der Waals surface area contributed by atoms with Crippen LogP contribution in [-0.2, 0) is 6.18 Å². The average Bonchev–Trinajstić information content (AvgIpc) is 2.34. The van der Waals surface area contributed by atoms with Crippen LogP contribution in [0.5, 0.6) is 0 Å². The Kier molecular flexibility index (Phi) is 6.04. The maximum atomic E-state index is 12.7. The number of hydrogen-bond donors (Lipinski definition) is 2. The molecule has 0 bridgehead atoms. The van der Waals surface area contributed by atoms with Gasteiger partial charge in [0.05, 0.1) is 0 Å². The van der Waals surface area contributed by atoms with Gasteiger partial charge in [0.2, 0.25) is 5.82 Å². The van der Waals surface area contributed by atoms with Gasteiger partial charge in [-0.2, -0.15) is 13.2 Å². The van der Waals surface area contributed by atoms with Crippen LogP contribution in [0.2, 0.25) is 0 Å². The lowest BCUT2D eigenvalue weighted by Crippen LogP contribution is -2.16. The van der Waals surface area contributed by atoms with Crippen molar-refractivity contribution in [2.75, 3.05) is 23.7 Å². The first-order valence-electron chi connectivity index (χ1n) is 6.77. The van der Waals surface area contributed by atoms with Gasteiger partial charge in [-0.05, 0) is 18.8 Å². The van der Waals surface area contributed by atoms with E-state index in [0.717, 1.165) is 12.8 Å². The van der Waals surface area contributed by atoms with Crippen LogP contribution >= 0.6 is 0 Å². The Balaban J connectivity index is 2.86. The molecule has 114 valence electrons. The monoisotopic (exact) mass is 290 g/mol. The Morgan fingerprint density at radius 1 is 1.10 bits per heavy atom. The molecule has 0 aliphatic rings. The summed E-state index contributed by atoms with van der Waals surface area (Å²) in [6.07, 6.45) is -2.87. The van der Waals surface area contributed by atoms with E-state index in [1.807, 2.05) is 6.92 Å². The Morgan fingerprint density at radius 2 is 1.65 bits per heavy atom. The number of nitrogens with one attached hydrogen (secondary N) is 2. The normalized spacial score (nSPS) is 11.8. The molecular weight excluding hydrogens is 269 g/mol. The van der Waals surface area contributed by atoms with Gasteiger partial charge in [0.25, 0.3) is 0 Å². The number of halogens is 3. The van der Waals surface area contributed by atoms with Crippen LogP contribution in [0.25, 0.3) is 0 Å². The Bertz CT molecular complexity index is 419. The third-order valence-corrected chi connectivity index (χ3v) is 2.56. The zero-order valence-electron chi connectivity index (χ0n) is 12.0. The van der Waals surface area contributed by atoms with Crippen molar-refractivity contribution in [3.8, 4) is 0 Å². The summed E-state index contributed by atoms with van der Waals surface area (Å²) in [5.41, 5.74) is 0. The van der Waals surface area contributed by atoms with Crippen LogP contribution in [0.4, 0.5) is 24.8 Å². The summed E-state index contributed by atoms with van der Waals surface area (Å²) in [5, 5.41) is 5.77. The van der Waals surface area contributed by atoms with E-state index in [9.17, 15) is 13.2 Å². The largest absolute Gasteiger partial charge is 0.451 e. The van der Waals surface area contributed by atoms with Gasteiger partial charge in [0.15, 0.2) is 0 Å². The zero-order valence-corrected chi connectivity index (χ0v) is 12.0. The third-order valence-electron chi connectivity index (χ3n) is 2.56. The number of anilines is 2. The quantitative estimate of drug-likeness (QED) is 0.802. The van der Waals surface area contributed by atoms with Gasteiger partial charge in [0.1, 0.15) is 11.6 Å². The average molecular weight is 290 g/mol. The molecule has 4 nitrogen and oxygen atoms in total. The van der Waals surface area contributed by atoms with Crippen LogP contribution in [-0.4, -0.2) is 23.1 Å². The van der Waals surface area contributed by atoms with Gasteiger partial charge in [-0.25, -0.2) is 9.97 Å². The molecule has 0 aliphatic heterocycles. The second-order valence-corrected chi connectivity index (χ2v) is 5.00. The highest BCUT2D eigenvalue weighted by Gasteiger charge is 2.35. The lowest BCUT2D eigenvalue weighted by molar-refractivity contribution is -0.144.